The van der Waals surface area contributed by atoms with Crippen molar-refractivity contribution in [2.45, 2.75) is 12.8 Å². The molecule has 0 aromatic heterocycles. The average Bonchev–Trinajstić information content (AvgIpc) is 2.32. The lowest BCUT2D eigenvalue weighted by Crippen LogP contribution is -2.31. The van der Waals surface area contributed by atoms with Gasteiger partial charge in [-0.1, -0.05) is 11.6 Å². The molecule has 0 spiro atoms. The molecule has 0 bridgehead atoms. The van der Waals surface area contributed by atoms with E-state index in [0.717, 1.165) is 40.7 Å². The zero-order valence-corrected chi connectivity index (χ0v) is 11.4. The maximum atomic E-state index is 5.97. The first-order valence-corrected chi connectivity index (χ1v) is 6.82. The Kier molecular flexibility index (Phi) is 4.50. The van der Waals surface area contributed by atoms with Gasteiger partial charge in [0.2, 0.25) is 0 Å². The first-order chi connectivity index (χ1) is 7.75. The van der Waals surface area contributed by atoms with Gasteiger partial charge in [-0.25, -0.2) is 0 Å². The molecule has 0 radical (unpaired) electrons. The van der Waals surface area contributed by atoms with E-state index in [-0.39, 0.29) is 0 Å². The van der Waals surface area contributed by atoms with Crippen LogP contribution in [0.3, 0.4) is 0 Å². The van der Waals surface area contributed by atoms with Crippen molar-refractivity contribution < 1.29 is 0 Å². The molecule has 0 unspecified atom stereocenters. The van der Waals surface area contributed by atoms with Crippen LogP contribution in [-0.2, 0) is 0 Å². The number of benzene rings is 1. The van der Waals surface area contributed by atoms with Gasteiger partial charge in [-0.05, 0) is 66.0 Å². The summed E-state index contributed by atoms with van der Waals surface area (Å²) in [6.07, 6.45) is 2.51. The molecular formula is C12H16BrClN2. The van der Waals surface area contributed by atoms with Gasteiger partial charge >= 0.3 is 0 Å². The molecule has 88 valence electrons. The van der Waals surface area contributed by atoms with E-state index in [1.807, 2.05) is 18.2 Å². The molecule has 2 N–H and O–H groups in total. The molecule has 0 saturated carbocycles. The lowest BCUT2D eigenvalue weighted by molar-refractivity contribution is 0.390. The van der Waals surface area contributed by atoms with Crippen LogP contribution in [0.2, 0.25) is 5.02 Å². The highest BCUT2D eigenvalue weighted by atomic mass is 79.9. The topological polar surface area (TPSA) is 24.1 Å². The van der Waals surface area contributed by atoms with Gasteiger partial charge in [-0.2, -0.15) is 0 Å². The smallest absolute Gasteiger partial charge is 0.0499 e. The summed E-state index contributed by atoms with van der Waals surface area (Å²) in [5, 5.41) is 7.61. The third-order valence-corrected chi connectivity index (χ3v) is 3.89. The van der Waals surface area contributed by atoms with Gasteiger partial charge in [0.25, 0.3) is 0 Å². The largest absolute Gasteiger partial charge is 0.384 e. The lowest BCUT2D eigenvalue weighted by Gasteiger charge is -2.23. The number of rotatable bonds is 3. The molecule has 1 aliphatic rings. The quantitative estimate of drug-likeness (QED) is 0.893. The second kappa shape index (κ2) is 5.89. The molecule has 1 aromatic carbocycles. The van der Waals surface area contributed by atoms with Crippen LogP contribution in [0.5, 0.6) is 0 Å². The van der Waals surface area contributed by atoms with E-state index >= 15 is 0 Å². The van der Waals surface area contributed by atoms with Crippen LogP contribution in [0, 0.1) is 5.92 Å². The highest BCUT2D eigenvalue weighted by Gasteiger charge is 2.12. The van der Waals surface area contributed by atoms with Crippen LogP contribution in [0.4, 0.5) is 5.69 Å². The number of hydrogen-bond donors (Lipinski definition) is 2. The molecule has 1 fully saturated rings. The second-order valence-electron chi connectivity index (χ2n) is 4.20. The van der Waals surface area contributed by atoms with Crippen LogP contribution < -0.4 is 10.6 Å². The van der Waals surface area contributed by atoms with Gasteiger partial charge in [0, 0.05) is 21.7 Å². The molecule has 2 rings (SSSR count). The molecule has 1 saturated heterocycles. The molecule has 0 aliphatic carbocycles. The van der Waals surface area contributed by atoms with Crippen LogP contribution in [-0.4, -0.2) is 19.6 Å². The molecule has 0 atom stereocenters. The minimum atomic E-state index is 0.770. The zero-order valence-electron chi connectivity index (χ0n) is 9.10. The molecule has 0 amide bonds. The van der Waals surface area contributed by atoms with Crippen molar-refractivity contribution >= 4 is 33.2 Å². The van der Waals surface area contributed by atoms with Crippen molar-refractivity contribution in [2.75, 3.05) is 25.0 Å². The molecule has 4 heteroatoms. The monoisotopic (exact) mass is 302 g/mol. The van der Waals surface area contributed by atoms with Gasteiger partial charge in [0.1, 0.15) is 0 Å². The first kappa shape index (κ1) is 12.2. The van der Waals surface area contributed by atoms with E-state index in [4.69, 9.17) is 11.6 Å². The number of hydrogen-bond acceptors (Lipinski definition) is 2. The fourth-order valence-corrected chi connectivity index (χ4v) is 2.53. The summed E-state index contributed by atoms with van der Waals surface area (Å²) < 4.78 is 1.07. The Morgan fingerprint density at radius 1 is 1.38 bits per heavy atom. The summed E-state index contributed by atoms with van der Waals surface area (Å²) in [6, 6.07) is 5.83. The molecule has 2 nitrogen and oxygen atoms in total. The Bertz CT molecular complexity index is 351. The molecule has 1 heterocycles. The van der Waals surface area contributed by atoms with Crippen molar-refractivity contribution in [1.29, 1.82) is 0 Å². The van der Waals surface area contributed by atoms with Crippen LogP contribution in [0.1, 0.15) is 12.8 Å². The van der Waals surface area contributed by atoms with E-state index in [2.05, 4.69) is 26.6 Å². The second-order valence-corrected chi connectivity index (χ2v) is 5.49. The summed E-state index contributed by atoms with van der Waals surface area (Å²) in [7, 11) is 0. The number of piperidine rings is 1. The maximum absolute atomic E-state index is 5.97. The van der Waals surface area contributed by atoms with E-state index in [1.165, 1.54) is 12.8 Å². The summed E-state index contributed by atoms with van der Waals surface area (Å²) in [4.78, 5) is 0. The zero-order chi connectivity index (χ0) is 11.4. The van der Waals surface area contributed by atoms with Crippen molar-refractivity contribution in [1.82, 2.24) is 5.32 Å². The summed E-state index contributed by atoms with van der Waals surface area (Å²) in [5.74, 6) is 0.770. The molecule has 1 aromatic rings. The minimum Gasteiger partial charge on any atom is -0.384 e. The predicted molar refractivity (Wildman–Crippen MR) is 73.2 cm³/mol. The van der Waals surface area contributed by atoms with Gasteiger partial charge in [-0.15, -0.1) is 0 Å². The predicted octanol–water partition coefficient (Wildman–Crippen LogP) is 3.51. The van der Waals surface area contributed by atoms with Gasteiger partial charge in [-0.3, -0.25) is 0 Å². The first-order valence-electron chi connectivity index (χ1n) is 5.65. The van der Waals surface area contributed by atoms with Crippen molar-refractivity contribution in [3.63, 3.8) is 0 Å². The highest BCUT2D eigenvalue weighted by Crippen LogP contribution is 2.26. The molecule has 1 aliphatic heterocycles. The lowest BCUT2D eigenvalue weighted by atomic mass is 9.98. The third-order valence-electron chi connectivity index (χ3n) is 2.97. The van der Waals surface area contributed by atoms with Gasteiger partial charge < -0.3 is 10.6 Å². The summed E-state index contributed by atoms with van der Waals surface area (Å²) in [5.41, 5.74) is 1.09. The maximum Gasteiger partial charge on any atom is 0.0499 e. The molecule has 16 heavy (non-hydrogen) atoms. The average molecular weight is 304 g/mol. The van der Waals surface area contributed by atoms with Crippen LogP contribution in [0.15, 0.2) is 22.7 Å². The Hall–Kier alpha value is -0.250. The highest BCUT2D eigenvalue weighted by molar-refractivity contribution is 9.10. The Labute approximate surface area is 110 Å². The Morgan fingerprint density at radius 2 is 2.12 bits per heavy atom. The SMILES string of the molecule is Clc1ccc(Br)c(NCC2CCNCC2)c1. The van der Waals surface area contributed by atoms with Crippen molar-refractivity contribution in [3.8, 4) is 0 Å². The standard InChI is InChI=1S/C12H16BrClN2/c13-11-2-1-10(14)7-12(11)16-8-9-3-5-15-6-4-9/h1-2,7,9,15-16H,3-6,8H2. The normalized spacial score (nSPS) is 17.4. The third kappa shape index (κ3) is 3.37. The van der Waals surface area contributed by atoms with E-state index in [9.17, 15) is 0 Å². The van der Waals surface area contributed by atoms with E-state index < -0.39 is 0 Å². The van der Waals surface area contributed by atoms with E-state index in [1.54, 1.807) is 0 Å². The van der Waals surface area contributed by atoms with Gasteiger partial charge in [0.15, 0.2) is 0 Å². The summed E-state index contributed by atoms with van der Waals surface area (Å²) in [6.45, 7) is 3.31. The van der Waals surface area contributed by atoms with E-state index in [0.29, 0.717) is 0 Å². The fourth-order valence-electron chi connectivity index (χ4n) is 1.97. The van der Waals surface area contributed by atoms with Gasteiger partial charge in [0.05, 0.1) is 0 Å². The molecular weight excluding hydrogens is 288 g/mol. The van der Waals surface area contributed by atoms with Crippen LogP contribution >= 0.6 is 27.5 Å². The Balaban J connectivity index is 1.90. The number of nitrogens with one attached hydrogen (secondary N) is 2. The number of halogens is 2. The van der Waals surface area contributed by atoms with Crippen LogP contribution in [0.25, 0.3) is 0 Å². The number of anilines is 1. The summed E-state index contributed by atoms with van der Waals surface area (Å²) >= 11 is 9.49. The minimum absolute atomic E-state index is 0.770. The Morgan fingerprint density at radius 3 is 2.88 bits per heavy atom. The van der Waals surface area contributed by atoms with Crippen molar-refractivity contribution in [3.05, 3.63) is 27.7 Å². The fraction of sp³-hybridized carbons (Fsp3) is 0.500. The van der Waals surface area contributed by atoms with Crippen molar-refractivity contribution in [2.24, 2.45) is 5.92 Å².